The van der Waals surface area contributed by atoms with Gasteiger partial charge in [0.2, 0.25) is 12.7 Å². The minimum absolute atomic E-state index is 0.0712. The van der Waals surface area contributed by atoms with E-state index >= 15 is 0 Å². The number of benzene rings is 3. The van der Waals surface area contributed by atoms with Crippen LogP contribution in [0.4, 0.5) is 5.69 Å². The van der Waals surface area contributed by atoms with E-state index in [-0.39, 0.29) is 25.2 Å². The number of carbonyl (C=O) groups is 2. The summed E-state index contributed by atoms with van der Waals surface area (Å²) in [4.78, 5) is 30.8. The van der Waals surface area contributed by atoms with Crippen LogP contribution in [-0.4, -0.2) is 61.5 Å². The third-order valence-electron chi connectivity index (χ3n) is 8.31. The van der Waals surface area contributed by atoms with Crippen LogP contribution in [0.3, 0.4) is 0 Å². The van der Waals surface area contributed by atoms with Gasteiger partial charge in [0.15, 0.2) is 11.5 Å². The number of likely N-dealkylation sites (tertiary alicyclic amines) is 1. The fourth-order valence-corrected chi connectivity index (χ4v) is 6.15. The van der Waals surface area contributed by atoms with Gasteiger partial charge < -0.3 is 30.0 Å². The van der Waals surface area contributed by atoms with Gasteiger partial charge in [-0.3, -0.25) is 14.5 Å². The first-order chi connectivity index (χ1) is 20.4. The number of fused-ring (bicyclic) bond motifs is 1. The average molecular weight is 574 g/mol. The van der Waals surface area contributed by atoms with Crippen molar-refractivity contribution in [3.63, 3.8) is 0 Å². The SMILES string of the molecule is CCCCN(C(=O)CN1CC(c2ccc3c(c2)OCO3)C(C(=O)O)C1Cc1ccccc1OC)c1cccc(CN)c1. The van der Waals surface area contributed by atoms with Crippen LogP contribution >= 0.6 is 0 Å². The molecule has 42 heavy (non-hydrogen) atoms. The van der Waals surface area contributed by atoms with E-state index in [2.05, 4.69) is 6.92 Å². The number of hydrogen-bond donors (Lipinski definition) is 2. The standard InChI is InChI=1S/C33H39N3O6/c1-3-4-14-36(25-10-7-8-22(15-25)18-34)31(37)20-35-19-26(23-12-13-29-30(17-23)42-21-41-29)32(33(38)39)27(35)16-24-9-5-6-11-28(24)40-2/h5-13,15,17,26-27,32H,3-4,14,16,18-21,34H2,1-2H3,(H,38,39). The number of rotatable bonds is 12. The van der Waals surface area contributed by atoms with Gasteiger partial charge in [-0.05, 0) is 59.9 Å². The molecule has 9 nitrogen and oxygen atoms in total. The Morgan fingerprint density at radius 1 is 1.07 bits per heavy atom. The number of aliphatic carboxylic acids is 1. The number of ether oxygens (including phenoxy) is 3. The molecule has 0 aliphatic carbocycles. The summed E-state index contributed by atoms with van der Waals surface area (Å²) in [6, 6.07) is 20.6. The Bertz CT molecular complexity index is 1410. The van der Waals surface area contributed by atoms with Gasteiger partial charge in [-0.1, -0.05) is 49.7 Å². The molecule has 0 aromatic heterocycles. The number of nitrogens with two attached hydrogens (primary N) is 1. The van der Waals surface area contributed by atoms with Gasteiger partial charge in [0.1, 0.15) is 5.75 Å². The van der Waals surface area contributed by atoms with Gasteiger partial charge in [-0.25, -0.2) is 0 Å². The maximum Gasteiger partial charge on any atom is 0.308 e. The molecule has 1 saturated heterocycles. The Kier molecular flexibility index (Phi) is 9.29. The zero-order valence-electron chi connectivity index (χ0n) is 24.2. The highest BCUT2D eigenvalue weighted by Gasteiger charge is 2.47. The van der Waals surface area contributed by atoms with E-state index in [1.54, 1.807) is 7.11 Å². The minimum Gasteiger partial charge on any atom is -0.496 e. The third-order valence-corrected chi connectivity index (χ3v) is 8.31. The van der Waals surface area contributed by atoms with Crippen LogP contribution in [-0.2, 0) is 22.6 Å². The van der Waals surface area contributed by atoms with Crippen LogP contribution in [0.25, 0.3) is 0 Å². The van der Waals surface area contributed by atoms with Crippen molar-refractivity contribution < 1.29 is 28.9 Å². The molecule has 9 heteroatoms. The minimum atomic E-state index is -0.897. The van der Waals surface area contributed by atoms with E-state index in [0.29, 0.717) is 43.3 Å². The molecule has 2 aliphatic rings. The monoisotopic (exact) mass is 573 g/mol. The fourth-order valence-electron chi connectivity index (χ4n) is 6.15. The maximum atomic E-state index is 14.0. The molecular weight excluding hydrogens is 534 g/mol. The first-order valence-electron chi connectivity index (χ1n) is 14.5. The second kappa shape index (κ2) is 13.3. The summed E-state index contributed by atoms with van der Waals surface area (Å²) in [6.45, 7) is 3.68. The summed E-state index contributed by atoms with van der Waals surface area (Å²) in [7, 11) is 1.61. The highest BCUT2D eigenvalue weighted by Crippen LogP contribution is 2.43. The molecule has 222 valence electrons. The lowest BCUT2D eigenvalue weighted by Gasteiger charge is -2.30. The van der Waals surface area contributed by atoms with Crippen molar-refractivity contribution in [2.24, 2.45) is 11.7 Å². The first kappa shape index (κ1) is 29.4. The van der Waals surface area contributed by atoms with E-state index in [0.717, 1.165) is 35.2 Å². The number of carboxylic acids is 1. The summed E-state index contributed by atoms with van der Waals surface area (Å²) < 4.78 is 16.7. The summed E-state index contributed by atoms with van der Waals surface area (Å²) >= 11 is 0. The fraction of sp³-hybridized carbons (Fsp3) is 0.394. The van der Waals surface area contributed by atoms with Gasteiger partial charge in [-0.15, -0.1) is 0 Å². The Labute approximate surface area is 246 Å². The molecule has 3 aromatic carbocycles. The third kappa shape index (κ3) is 6.22. The molecule has 5 rings (SSSR count). The summed E-state index contributed by atoms with van der Waals surface area (Å²) in [5.41, 5.74) is 9.40. The number of hydrogen-bond acceptors (Lipinski definition) is 7. The second-order valence-corrected chi connectivity index (χ2v) is 10.9. The molecule has 3 atom stereocenters. The van der Waals surface area contributed by atoms with Gasteiger partial charge in [-0.2, -0.15) is 0 Å². The normalized spacial score (nSPS) is 19.5. The quantitative estimate of drug-likeness (QED) is 0.327. The van der Waals surface area contributed by atoms with Gasteiger partial charge in [0, 0.05) is 37.3 Å². The molecule has 0 bridgehead atoms. The molecule has 3 unspecified atom stereocenters. The highest BCUT2D eigenvalue weighted by atomic mass is 16.7. The number of methoxy groups -OCH3 is 1. The predicted molar refractivity (Wildman–Crippen MR) is 160 cm³/mol. The zero-order valence-corrected chi connectivity index (χ0v) is 24.2. The molecule has 1 amide bonds. The van der Waals surface area contributed by atoms with E-state index < -0.39 is 17.9 Å². The lowest BCUT2D eigenvalue weighted by molar-refractivity contribution is -0.143. The van der Waals surface area contributed by atoms with Gasteiger partial charge in [0.25, 0.3) is 0 Å². The smallest absolute Gasteiger partial charge is 0.308 e. The number of nitrogens with zero attached hydrogens (tertiary/aromatic N) is 2. The van der Waals surface area contributed by atoms with Gasteiger partial charge >= 0.3 is 5.97 Å². The molecule has 1 fully saturated rings. The molecule has 2 aliphatic heterocycles. The van der Waals surface area contributed by atoms with Crippen molar-refractivity contribution in [2.45, 2.75) is 44.7 Å². The van der Waals surface area contributed by atoms with Crippen LogP contribution in [0, 0.1) is 5.92 Å². The molecule has 0 spiro atoms. The number of carbonyl (C=O) groups excluding carboxylic acids is 1. The van der Waals surface area contributed by atoms with Crippen LogP contribution < -0.4 is 24.8 Å². The topological polar surface area (TPSA) is 115 Å². The average Bonchev–Trinajstić information content (AvgIpc) is 3.62. The Hall–Kier alpha value is -4.08. The molecular formula is C33H39N3O6. The van der Waals surface area contributed by atoms with E-state index in [4.69, 9.17) is 19.9 Å². The summed E-state index contributed by atoms with van der Waals surface area (Å²) in [5, 5.41) is 10.6. The zero-order chi connectivity index (χ0) is 29.6. The number of amides is 1. The van der Waals surface area contributed by atoms with Crippen molar-refractivity contribution in [1.29, 1.82) is 0 Å². The number of para-hydroxylation sites is 1. The molecule has 0 saturated carbocycles. The van der Waals surface area contributed by atoms with E-state index in [1.807, 2.05) is 76.5 Å². The molecule has 0 radical (unpaired) electrons. The predicted octanol–water partition coefficient (Wildman–Crippen LogP) is 4.43. The Morgan fingerprint density at radius 3 is 2.64 bits per heavy atom. The van der Waals surface area contributed by atoms with Crippen molar-refractivity contribution in [3.8, 4) is 17.2 Å². The lowest BCUT2D eigenvalue weighted by Crippen LogP contribution is -2.45. The van der Waals surface area contributed by atoms with Crippen LogP contribution in [0.2, 0.25) is 0 Å². The number of carboxylic acid groups (broad SMARTS) is 1. The Morgan fingerprint density at radius 2 is 1.88 bits per heavy atom. The van der Waals surface area contributed by atoms with E-state index in [9.17, 15) is 14.7 Å². The van der Waals surface area contributed by atoms with Crippen molar-refractivity contribution in [1.82, 2.24) is 4.90 Å². The van der Waals surface area contributed by atoms with Crippen LogP contribution in [0.1, 0.15) is 42.4 Å². The number of anilines is 1. The van der Waals surface area contributed by atoms with Gasteiger partial charge in [0.05, 0.1) is 19.6 Å². The summed E-state index contributed by atoms with van der Waals surface area (Å²) in [5.74, 6) is -0.126. The van der Waals surface area contributed by atoms with Crippen LogP contribution in [0.5, 0.6) is 17.2 Å². The molecule has 3 aromatic rings. The lowest BCUT2D eigenvalue weighted by atomic mass is 9.83. The largest absolute Gasteiger partial charge is 0.496 e. The van der Waals surface area contributed by atoms with Crippen molar-refractivity contribution in [2.75, 3.05) is 38.4 Å². The summed E-state index contributed by atoms with van der Waals surface area (Å²) in [6.07, 6.45) is 2.21. The second-order valence-electron chi connectivity index (χ2n) is 10.9. The molecule has 2 heterocycles. The van der Waals surface area contributed by atoms with E-state index in [1.165, 1.54) is 0 Å². The van der Waals surface area contributed by atoms with Crippen molar-refractivity contribution >= 4 is 17.6 Å². The number of unbranched alkanes of at least 4 members (excludes halogenated alkanes) is 1. The maximum absolute atomic E-state index is 14.0. The van der Waals surface area contributed by atoms with Crippen LogP contribution in [0.15, 0.2) is 66.7 Å². The van der Waals surface area contributed by atoms with Crippen molar-refractivity contribution in [3.05, 3.63) is 83.4 Å². The highest BCUT2D eigenvalue weighted by molar-refractivity contribution is 5.95. The Balaban J connectivity index is 1.49. The molecule has 3 N–H and O–H groups in total. The first-order valence-corrected chi connectivity index (χ1v) is 14.5.